The van der Waals surface area contributed by atoms with E-state index in [1.54, 1.807) is 37.6 Å². The summed E-state index contributed by atoms with van der Waals surface area (Å²) in [4.78, 5) is 11.0. The maximum absolute atomic E-state index is 6.23. The smallest absolute Gasteiger partial charge is 0.230 e. The van der Waals surface area contributed by atoms with Crippen molar-refractivity contribution in [3.05, 3.63) is 59.8 Å². The van der Waals surface area contributed by atoms with Crippen LogP contribution in [0.25, 0.3) is 0 Å². The van der Waals surface area contributed by atoms with Crippen molar-refractivity contribution < 1.29 is 14.2 Å². The highest BCUT2D eigenvalue weighted by atomic mass is 35.5. The zero-order chi connectivity index (χ0) is 20.1. The van der Waals surface area contributed by atoms with E-state index in [9.17, 15) is 0 Å². The molecule has 150 valence electrons. The number of nitrogens with zero attached hydrogens (tertiary/aromatic N) is 3. The predicted octanol–water partition coefficient (Wildman–Crippen LogP) is 4.51. The molecule has 0 amide bonds. The van der Waals surface area contributed by atoms with Crippen LogP contribution in [0.3, 0.4) is 0 Å². The molecule has 0 saturated carbocycles. The van der Waals surface area contributed by atoms with E-state index >= 15 is 0 Å². The Morgan fingerprint density at radius 2 is 1.86 bits per heavy atom. The van der Waals surface area contributed by atoms with E-state index in [0.29, 0.717) is 28.3 Å². The number of benzene rings is 2. The van der Waals surface area contributed by atoms with E-state index in [1.165, 1.54) is 5.69 Å². The minimum absolute atomic E-state index is 0.388. The van der Waals surface area contributed by atoms with E-state index < -0.39 is 0 Å². The van der Waals surface area contributed by atoms with E-state index in [2.05, 4.69) is 32.3 Å². The Kier molecular flexibility index (Phi) is 5.97. The third kappa shape index (κ3) is 4.88. The molecule has 0 aliphatic carbocycles. The van der Waals surface area contributed by atoms with Gasteiger partial charge in [-0.25, -0.2) is 4.98 Å². The number of aromatic nitrogens is 2. The molecule has 1 aliphatic heterocycles. The third-order valence-corrected chi connectivity index (χ3v) is 4.78. The monoisotopic (exact) mass is 412 g/mol. The molecule has 1 saturated heterocycles. The summed E-state index contributed by atoms with van der Waals surface area (Å²) >= 11 is 6.23. The molecule has 3 aromatic rings. The fraction of sp³-hybridized carbons (Fsp3) is 0.238. The molecule has 29 heavy (non-hydrogen) atoms. The zero-order valence-electron chi connectivity index (χ0n) is 16.0. The first-order valence-electron chi connectivity index (χ1n) is 9.25. The lowest BCUT2D eigenvalue weighted by atomic mass is 10.2. The average molecular weight is 413 g/mol. The number of nitrogens with one attached hydrogen (secondary N) is 1. The van der Waals surface area contributed by atoms with Gasteiger partial charge in [0.1, 0.15) is 11.5 Å². The van der Waals surface area contributed by atoms with Crippen LogP contribution in [-0.2, 0) is 4.74 Å². The average Bonchev–Trinajstić information content (AvgIpc) is 2.76. The number of methoxy groups -OCH3 is 1. The second-order valence-electron chi connectivity index (χ2n) is 6.39. The topological polar surface area (TPSA) is 68.7 Å². The zero-order valence-corrected chi connectivity index (χ0v) is 16.7. The summed E-state index contributed by atoms with van der Waals surface area (Å²) in [7, 11) is 1.59. The molecule has 0 atom stereocenters. The van der Waals surface area contributed by atoms with Crippen molar-refractivity contribution in [1.29, 1.82) is 0 Å². The van der Waals surface area contributed by atoms with E-state index in [0.717, 1.165) is 32.0 Å². The molecule has 1 aliphatic rings. The number of halogens is 1. The van der Waals surface area contributed by atoms with Crippen molar-refractivity contribution in [2.24, 2.45) is 0 Å². The van der Waals surface area contributed by atoms with Gasteiger partial charge >= 0.3 is 0 Å². The number of ether oxygens (including phenoxy) is 3. The van der Waals surface area contributed by atoms with Gasteiger partial charge in [0.25, 0.3) is 0 Å². The Bertz CT molecular complexity index is 962. The van der Waals surface area contributed by atoms with E-state index in [-0.39, 0.29) is 0 Å². The molecule has 0 bridgehead atoms. The first kappa shape index (κ1) is 19.3. The Morgan fingerprint density at radius 1 is 1.07 bits per heavy atom. The summed E-state index contributed by atoms with van der Waals surface area (Å²) in [6.07, 6.45) is 1.63. The molecular weight excluding hydrogens is 392 g/mol. The largest absolute Gasteiger partial charge is 0.497 e. The van der Waals surface area contributed by atoms with Gasteiger partial charge in [-0.2, -0.15) is 4.98 Å². The number of morpholine rings is 1. The molecule has 2 aromatic carbocycles. The van der Waals surface area contributed by atoms with Crippen molar-refractivity contribution in [2.75, 3.05) is 43.6 Å². The van der Waals surface area contributed by atoms with Crippen molar-refractivity contribution in [1.82, 2.24) is 9.97 Å². The maximum Gasteiger partial charge on any atom is 0.230 e. The highest BCUT2D eigenvalue weighted by molar-refractivity contribution is 6.32. The summed E-state index contributed by atoms with van der Waals surface area (Å²) in [5.74, 6) is 1.98. The fourth-order valence-corrected chi connectivity index (χ4v) is 3.18. The molecule has 7 nitrogen and oxygen atoms in total. The number of anilines is 3. The summed E-state index contributed by atoms with van der Waals surface area (Å²) in [6.45, 7) is 3.34. The normalized spacial score (nSPS) is 13.8. The predicted molar refractivity (Wildman–Crippen MR) is 113 cm³/mol. The number of hydrogen-bond acceptors (Lipinski definition) is 7. The van der Waals surface area contributed by atoms with Crippen LogP contribution in [0.4, 0.5) is 17.3 Å². The molecule has 8 heteroatoms. The summed E-state index contributed by atoms with van der Waals surface area (Å²) in [5.41, 5.74) is 2.06. The fourth-order valence-electron chi connectivity index (χ4n) is 2.97. The van der Waals surface area contributed by atoms with Crippen LogP contribution in [0.5, 0.6) is 17.4 Å². The van der Waals surface area contributed by atoms with Crippen LogP contribution >= 0.6 is 11.6 Å². The lowest BCUT2D eigenvalue weighted by Crippen LogP contribution is -2.36. The lowest BCUT2D eigenvalue weighted by Gasteiger charge is -2.28. The summed E-state index contributed by atoms with van der Waals surface area (Å²) < 4.78 is 16.3. The highest BCUT2D eigenvalue weighted by Crippen LogP contribution is 2.32. The minimum atomic E-state index is 0.388. The van der Waals surface area contributed by atoms with Gasteiger partial charge in [0.15, 0.2) is 0 Å². The number of rotatable bonds is 6. The maximum atomic E-state index is 6.23. The van der Waals surface area contributed by atoms with Crippen molar-refractivity contribution in [3.8, 4) is 17.4 Å². The molecule has 2 heterocycles. The summed E-state index contributed by atoms with van der Waals surface area (Å²) in [5, 5.41) is 3.64. The van der Waals surface area contributed by atoms with Gasteiger partial charge in [0.2, 0.25) is 11.8 Å². The molecular formula is C21H21ClN4O3. The van der Waals surface area contributed by atoms with Crippen molar-refractivity contribution in [3.63, 3.8) is 0 Å². The Hall–Kier alpha value is -3.03. The Morgan fingerprint density at radius 3 is 2.59 bits per heavy atom. The quantitative estimate of drug-likeness (QED) is 0.638. The van der Waals surface area contributed by atoms with Crippen LogP contribution in [0, 0.1) is 0 Å². The first-order chi connectivity index (χ1) is 14.2. The van der Waals surface area contributed by atoms with Crippen LogP contribution in [0.1, 0.15) is 0 Å². The van der Waals surface area contributed by atoms with Gasteiger partial charge in [-0.1, -0.05) is 11.6 Å². The van der Waals surface area contributed by atoms with Gasteiger partial charge < -0.3 is 24.4 Å². The molecule has 1 aromatic heterocycles. The second kappa shape index (κ2) is 8.98. The van der Waals surface area contributed by atoms with Gasteiger partial charge in [-0.15, -0.1) is 0 Å². The van der Waals surface area contributed by atoms with Crippen molar-refractivity contribution >= 4 is 28.9 Å². The molecule has 0 radical (unpaired) electrons. The Balaban J connectivity index is 1.43. The number of hydrogen-bond donors (Lipinski definition) is 1. The lowest BCUT2D eigenvalue weighted by molar-refractivity contribution is 0.122. The SMILES string of the molecule is COc1ccc(Oc2ccnc(Nc3ccc(N4CCOCC4)cc3)n2)c(Cl)c1. The third-order valence-electron chi connectivity index (χ3n) is 4.48. The molecule has 0 spiro atoms. The van der Waals surface area contributed by atoms with Crippen LogP contribution < -0.4 is 19.7 Å². The molecule has 1 N–H and O–H groups in total. The van der Waals surface area contributed by atoms with Gasteiger partial charge in [0, 0.05) is 42.8 Å². The summed E-state index contributed by atoms with van der Waals surface area (Å²) in [6, 6.07) is 15.0. The van der Waals surface area contributed by atoms with Gasteiger partial charge in [0.05, 0.1) is 25.3 Å². The van der Waals surface area contributed by atoms with Crippen LogP contribution in [-0.4, -0.2) is 43.4 Å². The minimum Gasteiger partial charge on any atom is -0.497 e. The van der Waals surface area contributed by atoms with Crippen molar-refractivity contribution in [2.45, 2.75) is 0 Å². The molecule has 0 unspecified atom stereocenters. The van der Waals surface area contributed by atoms with Crippen LogP contribution in [0.2, 0.25) is 5.02 Å². The Labute approximate surface area is 174 Å². The van der Waals surface area contributed by atoms with E-state index in [4.69, 9.17) is 25.8 Å². The highest BCUT2D eigenvalue weighted by Gasteiger charge is 2.11. The van der Waals surface area contributed by atoms with Gasteiger partial charge in [-0.3, -0.25) is 0 Å². The van der Waals surface area contributed by atoms with Crippen LogP contribution in [0.15, 0.2) is 54.7 Å². The second-order valence-corrected chi connectivity index (χ2v) is 6.80. The van der Waals surface area contributed by atoms with Gasteiger partial charge in [-0.05, 0) is 36.4 Å². The van der Waals surface area contributed by atoms with E-state index in [1.807, 2.05) is 12.1 Å². The molecule has 4 rings (SSSR count). The first-order valence-corrected chi connectivity index (χ1v) is 9.63. The molecule has 1 fully saturated rings. The standard InChI is InChI=1S/C21H21ClN4O3/c1-27-17-6-7-19(18(22)14-17)29-20-8-9-23-21(25-20)24-15-2-4-16(5-3-15)26-10-12-28-13-11-26/h2-9,14H,10-13H2,1H3,(H,23,24,25).